The van der Waals surface area contributed by atoms with Crippen LogP contribution in [0.2, 0.25) is 0 Å². The van der Waals surface area contributed by atoms with E-state index < -0.39 is 0 Å². The number of benzene rings is 1. The van der Waals surface area contributed by atoms with E-state index in [4.69, 9.17) is 10.5 Å². The summed E-state index contributed by atoms with van der Waals surface area (Å²) in [4.78, 5) is 11.9. The minimum Gasteiger partial charge on any atom is -0.462 e. The molecule has 0 radical (unpaired) electrons. The van der Waals surface area contributed by atoms with E-state index in [1.54, 1.807) is 12.1 Å². The van der Waals surface area contributed by atoms with E-state index in [1.165, 1.54) is 0 Å². The molecule has 0 aliphatic carbocycles. The topological polar surface area (TPSA) is 64.3 Å². The Balaban J connectivity index is 2.92. The van der Waals surface area contributed by atoms with Crippen molar-refractivity contribution in [2.75, 3.05) is 17.7 Å². The molecule has 4 heteroatoms. The summed E-state index contributed by atoms with van der Waals surface area (Å²) >= 11 is 0. The minimum atomic E-state index is -0.324. The van der Waals surface area contributed by atoms with Crippen LogP contribution in [0.25, 0.3) is 0 Å². The molecule has 1 aromatic rings. The molecule has 1 rings (SSSR count). The summed E-state index contributed by atoms with van der Waals surface area (Å²) in [6.07, 6.45) is 1.79. The van der Waals surface area contributed by atoms with E-state index in [2.05, 4.69) is 19.2 Å². The zero-order valence-electron chi connectivity index (χ0n) is 11.3. The van der Waals surface area contributed by atoms with E-state index in [0.717, 1.165) is 18.5 Å². The average Bonchev–Trinajstić information content (AvgIpc) is 2.37. The molecule has 0 fully saturated rings. The van der Waals surface area contributed by atoms with Crippen LogP contribution in [0.5, 0.6) is 0 Å². The van der Waals surface area contributed by atoms with Crippen molar-refractivity contribution in [3.63, 3.8) is 0 Å². The highest BCUT2D eigenvalue weighted by Crippen LogP contribution is 2.21. The van der Waals surface area contributed by atoms with Gasteiger partial charge in [-0.25, -0.2) is 4.79 Å². The molecule has 0 heterocycles. The summed E-state index contributed by atoms with van der Waals surface area (Å²) in [5, 5.41) is 3.29. The lowest BCUT2D eigenvalue weighted by molar-refractivity contribution is 0.0506. The van der Waals surface area contributed by atoms with E-state index in [1.807, 2.05) is 13.0 Å². The molecule has 0 saturated heterocycles. The van der Waals surface area contributed by atoms with Crippen molar-refractivity contribution in [2.24, 2.45) is 0 Å². The predicted molar refractivity (Wildman–Crippen MR) is 74.8 cm³/mol. The predicted octanol–water partition coefficient (Wildman–Crippen LogP) is 3.05. The monoisotopic (exact) mass is 250 g/mol. The lowest BCUT2D eigenvalue weighted by Crippen LogP contribution is -2.17. The van der Waals surface area contributed by atoms with Crippen molar-refractivity contribution < 1.29 is 9.53 Å². The molecule has 0 aromatic heterocycles. The summed E-state index contributed by atoms with van der Waals surface area (Å²) in [5.74, 6) is -0.324. The Bertz CT molecular complexity index is 405. The van der Waals surface area contributed by atoms with E-state index in [9.17, 15) is 4.79 Å². The van der Waals surface area contributed by atoms with Gasteiger partial charge in [-0.3, -0.25) is 0 Å². The summed E-state index contributed by atoms with van der Waals surface area (Å²) in [6, 6.07) is 5.56. The normalized spacial score (nSPS) is 11.9. The van der Waals surface area contributed by atoms with Gasteiger partial charge in [0.1, 0.15) is 0 Å². The second-order valence-corrected chi connectivity index (χ2v) is 4.39. The molecule has 1 atom stereocenters. The van der Waals surface area contributed by atoms with Gasteiger partial charge in [0.05, 0.1) is 12.2 Å². The Kier molecular flexibility index (Phi) is 5.49. The first-order valence-corrected chi connectivity index (χ1v) is 6.41. The van der Waals surface area contributed by atoms with Crippen molar-refractivity contribution in [3.8, 4) is 0 Å². The van der Waals surface area contributed by atoms with Gasteiger partial charge < -0.3 is 15.8 Å². The zero-order valence-corrected chi connectivity index (χ0v) is 11.3. The molecule has 0 aliphatic rings. The van der Waals surface area contributed by atoms with Gasteiger partial charge in [0.15, 0.2) is 0 Å². The van der Waals surface area contributed by atoms with Gasteiger partial charge in [-0.2, -0.15) is 0 Å². The Morgan fingerprint density at radius 2 is 2.17 bits per heavy atom. The van der Waals surface area contributed by atoms with Crippen LogP contribution in [0.3, 0.4) is 0 Å². The minimum absolute atomic E-state index is 0.298. The zero-order chi connectivity index (χ0) is 13.5. The Hall–Kier alpha value is -1.71. The van der Waals surface area contributed by atoms with E-state index in [-0.39, 0.29) is 5.97 Å². The van der Waals surface area contributed by atoms with Gasteiger partial charge in [0.2, 0.25) is 0 Å². The summed E-state index contributed by atoms with van der Waals surface area (Å²) in [6.45, 7) is 6.54. The standard InChI is InChI=1S/C14H22N2O2/c1-4-8-18-14(17)12-9-11(15)6-7-13(12)16-10(3)5-2/h6-7,9-10,16H,4-5,8,15H2,1-3H3. The number of nitrogens with one attached hydrogen (secondary N) is 1. The molecule has 100 valence electrons. The fraction of sp³-hybridized carbons (Fsp3) is 0.500. The number of esters is 1. The highest BCUT2D eigenvalue weighted by atomic mass is 16.5. The molecule has 0 amide bonds. The van der Waals surface area contributed by atoms with Gasteiger partial charge in [-0.15, -0.1) is 0 Å². The molecular formula is C14H22N2O2. The van der Waals surface area contributed by atoms with Gasteiger partial charge >= 0.3 is 5.97 Å². The molecule has 0 bridgehead atoms. The van der Waals surface area contributed by atoms with Crippen LogP contribution in [0.15, 0.2) is 18.2 Å². The summed E-state index contributed by atoms with van der Waals surface area (Å²) in [5.41, 5.74) is 7.57. The van der Waals surface area contributed by atoms with Crippen molar-refractivity contribution in [2.45, 2.75) is 39.7 Å². The number of ether oxygens (including phenoxy) is 1. The molecule has 3 N–H and O–H groups in total. The largest absolute Gasteiger partial charge is 0.462 e. The third kappa shape index (κ3) is 3.95. The van der Waals surface area contributed by atoms with Crippen LogP contribution in [-0.2, 0) is 4.74 Å². The quantitative estimate of drug-likeness (QED) is 0.601. The number of nitrogen functional groups attached to an aromatic ring is 1. The molecule has 0 saturated carbocycles. The molecule has 18 heavy (non-hydrogen) atoms. The second kappa shape index (κ2) is 6.89. The maximum Gasteiger partial charge on any atom is 0.340 e. The van der Waals surface area contributed by atoms with Crippen LogP contribution >= 0.6 is 0 Å². The third-order valence-electron chi connectivity index (χ3n) is 2.72. The highest BCUT2D eigenvalue weighted by molar-refractivity contribution is 5.96. The number of rotatable bonds is 6. The van der Waals surface area contributed by atoms with Gasteiger partial charge in [0, 0.05) is 17.4 Å². The first-order chi connectivity index (χ1) is 8.58. The third-order valence-corrected chi connectivity index (χ3v) is 2.72. The fourth-order valence-corrected chi connectivity index (χ4v) is 1.50. The maximum absolute atomic E-state index is 11.9. The maximum atomic E-state index is 11.9. The average molecular weight is 250 g/mol. The first kappa shape index (κ1) is 14.4. The van der Waals surface area contributed by atoms with Crippen LogP contribution in [0.4, 0.5) is 11.4 Å². The van der Waals surface area contributed by atoms with Crippen molar-refractivity contribution in [1.82, 2.24) is 0 Å². The summed E-state index contributed by atoms with van der Waals surface area (Å²) in [7, 11) is 0. The Morgan fingerprint density at radius 1 is 1.44 bits per heavy atom. The number of hydrogen-bond acceptors (Lipinski definition) is 4. The van der Waals surface area contributed by atoms with Crippen molar-refractivity contribution in [1.29, 1.82) is 0 Å². The summed E-state index contributed by atoms with van der Waals surface area (Å²) < 4.78 is 5.15. The molecule has 0 aliphatic heterocycles. The Morgan fingerprint density at radius 3 is 2.78 bits per heavy atom. The fourth-order valence-electron chi connectivity index (χ4n) is 1.50. The number of nitrogens with two attached hydrogens (primary N) is 1. The van der Waals surface area contributed by atoms with E-state index >= 15 is 0 Å². The second-order valence-electron chi connectivity index (χ2n) is 4.39. The Labute approximate surface area is 109 Å². The van der Waals surface area contributed by atoms with E-state index in [0.29, 0.717) is 23.9 Å². The molecular weight excluding hydrogens is 228 g/mol. The SMILES string of the molecule is CCCOC(=O)c1cc(N)ccc1NC(C)CC. The number of hydrogen-bond donors (Lipinski definition) is 2. The van der Waals surface area contributed by atoms with Gasteiger partial charge in [-0.05, 0) is 38.0 Å². The molecule has 0 spiro atoms. The number of carbonyl (C=O) groups is 1. The van der Waals surface area contributed by atoms with Crippen molar-refractivity contribution in [3.05, 3.63) is 23.8 Å². The molecule has 1 unspecified atom stereocenters. The lowest BCUT2D eigenvalue weighted by Gasteiger charge is -2.16. The number of anilines is 2. The lowest BCUT2D eigenvalue weighted by atomic mass is 10.1. The van der Waals surface area contributed by atoms with Crippen LogP contribution in [-0.4, -0.2) is 18.6 Å². The smallest absolute Gasteiger partial charge is 0.340 e. The van der Waals surface area contributed by atoms with Gasteiger partial charge in [-0.1, -0.05) is 13.8 Å². The number of carbonyl (C=O) groups excluding carboxylic acids is 1. The molecule has 1 aromatic carbocycles. The first-order valence-electron chi connectivity index (χ1n) is 6.41. The van der Waals surface area contributed by atoms with Crippen molar-refractivity contribution >= 4 is 17.3 Å². The van der Waals surface area contributed by atoms with Crippen LogP contribution < -0.4 is 11.1 Å². The van der Waals surface area contributed by atoms with Crippen LogP contribution in [0, 0.1) is 0 Å². The molecule has 4 nitrogen and oxygen atoms in total. The highest BCUT2D eigenvalue weighted by Gasteiger charge is 2.14. The van der Waals surface area contributed by atoms with Gasteiger partial charge in [0.25, 0.3) is 0 Å². The van der Waals surface area contributed by atoms with Crippen LogP contribution in [0.1, 0.15) is 44.0 Å².